The van der Waals surface area contributed by atoms with E-state index in [1.54, 1.807) is 11.2 Å². The molecule has 0 radical (unpaired) electrons. The molecule has 0 spiro atoms. The molecule has 2 aromatic heterocycles. The van der Waals surface area contributed by atoms with Crippen LogP contribution in [0.5, 0.6) is 5.75 Å². The summed E-state index contributed by atoms with van der Waals surface area (Å²) >= 11 is 7.04. The standard InChI is InChI=1S/C25H23ClN6O2/c1-4-20(33)31-8-9-32-15(11-31)12-34-24-21-19(27-13-28-25(21)32)10-18(22(24)26)17-7-5-6-16-14(2)30(3)29-23(16)17/h4-7,10,13,15H,1,8-9,11-12H2,2-3H3/t15-/m0/s1. The molecule has 2 aliphatic rings. The number of aryl methyl sites for hydroxylation is 2. The number of fused-ring (bicyclic) bond motifs is 3. The van der Waals surface area contributed by atoms with Crippen LogP contribution in [0.2, 0.25) is 5.02 Å². The molecule has 0 N–H and O–H groups in total. The minimum atomic E-state index is -0.0756. The van der Waals surface area contributed by atoms with Crippen molar-refractivity contribution in [2.24, 2.45) is 7.05 Å². The van der Waals surface area contributed by atoms with Crippen LogP contribution >= 0.6 is 11.6 Å². The number of carbonyl (C=O) groups excluding carboxylic acids is 1. The van der Waals surface area contributed by atoms with Gasteiger partial charge in [-0.1, -0.05) is 36.4 Å². The molecule has 2 aliphatic heterocycles. The van der Waals surface area contributed by atoms with Crippen molar-refractivity contribution in [3.05, 3.63) is 54.0 Å². The molecule has 0 unspecified atom stereocenters. The highest BCUT2D eigenvalue weighted by molar-refractivity contribution is 6.37. The molecule has 1 amide bonds. The van der Waals surface area contributed by atoms with Crippen molar-refractivity contribution in [1.82, 2.24) is 24.6 Å². The lowest BCUT2D eigenvalue weighted by Gasteiger charge is -2.40. The zero-order chi connectivity index (χ0) is 23.6. The lowest BCUT2D eigenvalue weighted by molar-refractivity contribution is -0.126. The van der Waals surface area contributed by atoms with Crippen molar-refractivity contribution in [2.75, 3.05) is 31.1 Å². The van der Waals surface area contributed by atoms with Crippen LogP contribution in [0.15, 0.2) is 43.2 Å². The summed E-state index contributed by atoms with van der Waals surface area (Å²) in [6.07, 6.45) is 2.93. The van der Waals surface area contributed by atoms with E-state index in [1.807, 2.05) is 36.9 Å². The summed E-state index contributed by atoms with van der Waals surface area (Å²) in [6.45, 7) is 7.81. The molecule has 0 aliphatic carbocycles. The number of aromatic nitrogens is 4. The molecule has 8 nitrogen and oxygen atoms in total. The molecule has 6 rings (SSSR count). The number of hydrogen-bond donors (Lipinski definition) is 0. The van der Waals surface area contributed by atoms with Crippen LogP contribution in [0.3, 0.4) is 0 Å². The number of halogens is 1. The Kier molecular flexibility index (Phi) is 4.74. The van der Waals surface area contributed by atoms with Gasteiger partial charge in [0.05, 0.1) is 22.0 Å². The van der Waals surface area contributed by atoms with Crippen LogP contribution in [0.1, 0.15) is 5.69 Å². The third-order valence-electron chi connectivity index (χ3n) is 6.91. The number of ether oxygens (including phenoxy) is 1. The normalized spacial score (nSPS) is 17.4. The van der Waals surface area contributed by atoms with Crippen molar-refractivity contribution in [2.45, 2.75) is 13.0 Å². The second kappa shape index (κ2) is 7.70. The van der Waals surface area contributed by atoms with Gasteiger partial charge in [0, 0.05) is 48.9 Å². The summed E-state index contributed by atoms with van der Waals surface area (Å²) in [5, 5.41) is 7.13. The summed E-state index contributed by atoms with van der Waals surface area (Å²) in [6, 6.07) is 8.05. The fourth-order valence-corrected chi connectivity index (χ4v) is 5.35. The van der Waals surface area contributed by atoms with E-state index in [0.717, 1.165) is 44.4 Å². The average molecular weight is 475 g/mol. The van der Waals surface area contributed by atoms with E-state index >= 15 is 0 Å². The van der Waals surface area contributed by atoms with E-state index in [1.165, 1.54) is 6.08 Å². The molecular weight excluding hydrogens is 452 g/mol. The number of hydrogen-bond acceptors (Lipinski definition) is 6. The first kappa shape index (κ1) is 20.9. The van der Waals surface area contributed by atoms with Gasteiger partial charge < -0.3 is 14.5 Å². The second-order valence-electron chi connectivity index (χ2n) is 8.72. The van der Waals surface area contributed by atoms with Crippen LogP contribution in [0, 0.1) is 6.92 Å². The molecule has 0 bridgehead atoms. The van der Waals surface area contributed by atoms with E-state index < -0.39 is 0 Å². The van der Waals surface area contributed by atoms with Gasteiger partial charge in [0.1, 0.15) is 24.3 Å². The Labute approximate surface area is 201 Å². The monoisotopic (exact) mass is 474 g/mol. The maximum absolute atomic E-state index is 12.2. The van der Waals surface area contributed by atoms with Crippen LogP contribution < -0.4 is 9.64 Å². The average Bonchev–Trinajstić information content (AvgIpc) is 3.05. The number of benzene rings is 2. The quantitative estimate of drug-likeness (QED) is 0.412. The van der Waals surface area contributed by atoms with E-state index in [4.69, 9.17) is 21.4 Å². The lowest BCUT2D eigenvalue weighted by Crippen LogP contribution is -2.56. The summed E-state index contributed by atoms with van der Waals surface area (Å²) < 4.78 is 8.22. The first-order valence-corrected chi connectivity index (χ1v) is 11.6. The highest BCUT2D eigenvalue weighted by Crippen LogP contribution is 2.46. The number of anilines is 1. The van der Waals surface area contributed by atoms with Gasteiger partial charge in [0.15, 0.2) is 5.75 Å². The predicted octanol–water partition coefficient (Wildman–Crippen LogP) is 3.74. The van der Waals surface area contributed by atoms with Gasteiger partial charge in [0.25, 0.3) is 0 Å². The summed E-state index contributed by atoms with van der Waals surface area (Å²) in [5.41, 5.74) is 4.48. The lowest BCUT2D eigenvalue weighted by atomic mass is 10.00. The molecule has 2 aromatic carbocycles. The highest BCUT2D eigenvalue weighted by Gasteiger charge is 2.35. The van der Waals surface area contributed by atoms with E-state index in [9.17, 15) is 4.79 Å². The molecule has 172 valence electrons. The van der Waals surface area contributed by atoms with Gasteiger partial charge in [-0.2, -0.15) is 5.10 Å². The number of nitrogens with zero attached hydrogens (tertiary/aromatic N) is 6. The molecule has 4 heterocycles. The van der Waals surface area contributed by atoms with E-state index in [2.05, 4.69) is 27.5 Å². The van der Waals surface area contributed by atoms with Crippen molar-refractivity contribution in [3.63, 3.8) is 0 Å². The topological polar surface area (TPSA) is 76.4 Å². The molecule has 0 saturated carbocycles. The van der Waals surface area contributed by atoms with Gasteiger partial charge in [-0.3, -0.25) is 9.48 Å². The first-order valence-electron chi connectivity index (χ1n) is 11.2. The number of amides is 1. The summed E-state index contributed by atoms with van der Waals surface area (Å²) in [4.78, 5) is 25.4. The zero-order valence-electron chi connectivity index (χ0n) is 19.0. The minimum absolute atomic E-state index is 0.0514. The Hall–Kier alpha value is -3.65. The Balaban J connectivity index is 1.52. The smallest absolute Gasteiger partial charge is 0.246 e. The Morgan fingerprint density at radius 1 is 1.26 bits per heavy atom. The Morgan fingerprint density at radius 2 is 2.12 bits per heavy atom. The Bertz CT molecular complexity index is 1500. The second-order valence-corrected chi connectivity index (χ2v) is 9.09. The zero-order valence-corrected chi connectivity index (χ0v) is 19.7. The summed E-state index contributed by atoms with van der Waals surface area (Å²) in [5.74, 6) is 1.28. The SMILES string of the molecule is C=CC(=O)N1CCN2c3ncnc4cc(-c5cccc6c(C)n(C)nc56)c(Cl)c(c34)OC[C@@H]2C1. The van der Waals surface area contributed by atoms with Gasteiger partial charge in [-0.15, -0.1) is 0 Å². The largest absolute Gasteiger partial charge is 0.489 e. The summed E-state index contributed by atoms with van der Waals surface area (Å²) in [7, 11) is 1.94. The molecule has 1 saturated heterocycles. The first-order chi connectivity index (χ1) is 16.5. The Morgan fingerprint density at radius 3 is 2.94 bits per heavy atom. The van der Waals surface area contributed by atoms with Crippen molar-refractivity contribution in [1.29, 1.82) is 0 Å². The minimum Gasteiger partial charge on any atom is -0.489 e. The van der Waals surface area contributed by atoms with Crippen molar-refractivity contribution in [3.8, 4) is 16.9 Å². The molecule has 1 atom stereocenters. The van der Waals surface area contributed by atoms with Gasteiger partial charge in [-0.25, -0.2) is 9.97 Å². The van der Waals surface area contributed by atoms with E-state index in [-0.39, 0.29) is 11.9 Å². The number of carbonyl (C=O) groups is 1. The van der Waals surface area contributed by atoms with Crippen LogP contribution in [0.25, 0.3) is 32.9 Å². The van der Waals surface area contributed by atoms with E-state index in [0.29, 0.717) is 37.0 Å². The fourth-order valence-electron chi connectivity index (χ4n) is 5.04. The van der Waals surface area contributed by atoms with Gasteiger partial charge >= 0.3 is 0 Å². The molecule has 34 heavy (non-hydrogen) atoms. The maximum Gasteiger partial charge on any atom is 0.246 e. The molecule has 9 heteroatoms. The molecular formula is C25H23ClN6O2. The third-order valence-corrected chi connectivity index (χ3v) is 7.29. The van der Waals surface area contributed by atoms with Crippen LogP contribution in [-0.4, -0.2) is 62.8 Å². The maximum atomic E-state index is 12.2. The fraction of sp³-hybridized carbons (Fsp3) is 0.280. The third kappa shape index (κ3) is 2.98. The van der Waals surface area contributed by atoms with Crippen LogP contribution in [-0.2, 0) is 11.8 Å². The predicted molar refractivity (Wildman–Crippen MR) is 132 cm³/mol. The molecule has 1 fully saturated rings. The number of piperazine rings is 1. The van der Waals surface area contributed by atoms with Gasteiger partial charge in [-0.05, 0) is 19.1 Å². The number of rotatable bonds is 2. The van der Waals surface area contributed by atoms with Gasteiger partial charge in [0.2, 0.25) is 5.91 Å². The van der Waals surface area contributed by atoms with Crippen LogP contribution in [0.4, 0.5) is 5.82 Å². The highest BCUT2D eigenvalue weighted by atomic mass is 35.5. The molecule has 4 aromatic rings. The van der Waals surface area contributed by atoms with Crippen molar-refractivity contribution < 1.29 is 9.53 Å². The van der Waals surface area contributed by atoms with Crippen molar-refractivity contribution >= 4 is 45.1 Å².